The molecule has 0 amide bonds. The third kappa shape index (κ3) is 2.00. The molecule has 100 valence electrons. The van der Waals surface area contributed by atoms with Gasteiger partial charge in [-0.2, -0.15) is 0 Å². The van der Waals surface area contributed by atoms with Gasteiger partial charge in [0, 0.05) is 32.7 Å². The molecule has 3 rings (SSSR count). The molecule has 0 spiro atoms. The Hall–Kier alpha value is -1.88. The van der Waals surface area contributed by atoms with Crippen LogP contribution in [0.15, 0.2) is 29.1 Å². The van der Waals surface area contributed by atoms with E-state index in [0.717, 1.165) is 31.1 Å². The minimum absolute atomic E-state index is 0.0198. The van der Waals surface area contributed by atoms with E-state index in [4.69, 9.17) is 0 Å². The highest BCUT2D eigenvalue weighted by molar-refractivity contribution is 5.78. The first kappa shape index (κ1) is 12.2. The second-order valence-electron chi connectivity index (χ2n) is 5.04. The fourth-order valence-electron chi connectivity index (χ4n) is 2.60. The lowest BCUT2D eigenvalue weighted by Crippen LogP contribution is -2.51. The lowest BCUT2D eigenvalue weighted by molar-refractivity contribution is 0.486. The van der Waals surface area contributed by atoms with E-state index in [1.165, 1.54) is 0 Å². The normalized spacial score (nSPS) is 19.9. The predicted octanol–water partition coefficient (Wildman–Crippen LogP) is 0.732. The Bertz CT molecular complexity index is 664. The van der Waals surface area contributed by atoms with E-state index in [1.54, 1.807) is 11.6 Å². The molecular weight excluding hydrogens is 240 g/mol. The van der Waals surface area contributed by atoms with Crippen LogP contribution in [0.2, 0.25) is 0 Å². The third-order valence-corrected chi connectivity index (χ3v) is 3.72. The maximum Gasteiger partial charge on any atom is 0.262 e. The molecule has 1 saturated heterocycles. The standard InChI is InChI=1S/C14H18N4O/c1-10-9-15-7-8-18(10)14-16-12-6-4-3-5-11(12)13(19)17(14)2/h3-6,10,15H,7-9H2,1-2H3. The SMILES string of the molecule is CC1CNCCN1c1nc2ccccc2c(=O)n1C. The molecule has 1 unspecified atom stereocenters. The van der Waals surface area contributed by atoms with Gasteiger partial charge in [0.2, 0.25) is 5.95 Å². The zero-order valence-corrected chi connectivity index (χ0v) is 11.3. The van der Waals surface area contributed by atoms with Crippen LogP contribution in [0.3, 0.4) is 0 Å². The predicted molar refractivity (Wildman–Crippen MR) is 76.7 cm³/mol. The van der Waals surface area contributed by atoms with Crippen LogP contribution in [-0.4, -0.2) is 35.2 Å². The number of rotatable bonds is 1. The highest BCUT2D eigenvalue weighted by Crippen LogP contribution is 2.17. The van der Waals surface area contributed by atoms with E-state index >= 15 is 0 Å². The maximum atomic E-state index is 12.4. The summed E-state index contributed by atoms with van der Waals surface area (Å²) in [5, 5.41) is 4.03. The van der Waals surface area contributed by atoms with Gasteiger partial charge < -0.3 is 10.2 Å². The molecule has 1 aromatic carbocycles. The number of hydrogen-bond donors (Lipinski definition) is 1. The molecule has 1 fully saturated rings. The Balaban J connectivity index is 2.18. The van der Waals surface area contributed by atoms with Crippen molar-refractivity contribution in [2.24, 2.45) is 7.05 Å². The molecule has 0 bridgehead atoms. The second kappa shape index (κ2) is 4.66. The van der Waals surface area contributed by atoms with E-state index in [-0.39, 0.29) is 5.56 Å². The van der Waals surface area contributed by atoms with Crippen LogP contribution in [0, 0.1) is 0 Å². The van der Waals surface area contributed by atoms with Crippen molar-refractivity contribution >= 4 is 16.9 Å². The van der Waals surface area contributed by atoms with Crippen LogP contribution < -0.4 is 15.8 Å². The number of aromatic nitrogens is 2. The summed E-state index contributed by atoms with van der Waals surface area (Å²) in [6, 6.07) is 7.86. The quantitative estimate of drug-likeness (QED) is 0.819. The molecule has 2 heterocycles. The molecule has 1 aliphatic rings. The number of anilines is 1. The molecule has 2 aromatic rings. The smallest absolute Gasteiger partial charge is 0.262 e. The van der Waals surface area contributed by atoms with Crippen molar-refractivity contribution in [1.29, 1.82) is 0 Å². The molecule has 0 saturated carbocycles. The Kier molecular flexibility index (Phi) is 2.98. The number of benzene rings is 1. The first-order valence-corrected chi connectivity index (χ1v) is 6.61. The van der Waals surface area contributed by atoms with E-state index in [2.05, 4.69) is 22.1 Å². The topological polar surface area (TPSA) is 50.2 Å². The lowest BCUT2D eigenvalue weighted by Gasteiger charge is -2.35. The van der Waals surface area contributed by atoms with Gasteiger partial charge >= 0.3 is 0 Å². The van der Waals surface area contributed by atoms with Gasteiger partial charge in [-0.15, -0.1) is 0 Å². The highest BCUT2D eigenvalue weighted by atomic mass is 16.1. The van der Waals surface area contributed by atoms with Crippen LogP contribution in [0.5, 0.6) is 0 Å². The van der Waals surface area contributed by atoms with Crippen molar-refractivity contribution in [2.75, 3.05) is 24.5 Å². The molecule has 5 heteroatoms. The summed E-state index contributed by atoms with van der Waals surface area (Å²) in [5.41, 5.74) is 0.790. The average molecular weight is 258 g/mol. The van der Waals surface area contributed by atoms with Crippen LogP contribution >= 0.6 is 0 Å². The molecule has 1 aliphatic heterocycles. The minimum atomic E-state index is 0.0198. The van der Waals surface area contributed by atoms with E-state index in [1.807, 2.05) is 24.3 Å². The zero-order valence-electron chi connectivity index (χ0n) is 11.3. The molecular formula is C14H18N4O. The van der Waals surface area contributed by atoms with E-state index < -0.39 is 0 Å². The van der Waals surface area contributed by atoms with Crippen molar-refractivity contribution < 1.29 is 0 Å². The fraction of sp³-hybridized carbons (Fsp3) is 0.429. The summed E-state index contributed by atoms with van der Waals surface area (Å²) in [7, 11) is 1.80. The van der Waals surface area contributed by atoms with Gasteiger partial charge in [-0.05, 0) is 19.1 Å². The van der Waals surface area contributed by atoms with Crippen molar-refractivity contribution in [3.05, 3.63) is 34.6 Å². The van der Waals surface area contributed by atoms with E-state index in [9.17, 15) is 4.79 Å². The van der Waals surface area contributed by atoms with Gasteiger partial charge in [-0.3, -0.25) is 9.36 Å². The largest absolute Gasteiger partial charge is 0.337 e. The number of nitrogens with one attached hydrogen (secondary N) is 1. The Morgan fingerprint density at radius 1 is 1.37 bits per heavy atom. The Morgan fingerprint density at radius 2 is 2.16 bits per heavy atom. The fourth-order valence-corrected chi connectivity index (χ4v) is 2.60. The molecule has 0 radical (unpaired) electrons. The summed E-state index contributed by atoms with van der Waals surface area (Å²) in [6.45, 7) is 4.86. The minimum Gasteiger partial charge on any atom is -0.337 e. The van der Waals surface area contributed by atoms with Gasteiger partial charge in [-0.1, -0.05) is 12.1 Å². The van der Waals surface area contributed by atoms with Crippen LogP contribution in [0.4, 0.5) is 5.95 Å². The molecule has 0 aliphatic carbocycles. The maximum absolute atomic E-state index is 12.4. The summed E-state index contributed by atoms with van der Waals surface area (Å²) in [6.07, 6.45) is 0. The lowest BCUT2D eigenvalue weighted by atomic mass is 10.2. The number of fused-ring (bicyclic) bond motifs is 1. The van der Waals surface area contributed by atoms with E-state index in [0.29, 0.717) is 11.4 Å². The van der Waals surface area contributed by atoms with Crippen molar-refractivity contribution in [2.45, 2.75) is 13.0 Å². The average Bonchev–Trinajstić information content (AvgIpc) is 2.44. The van der Waals surface area contributed by atoms with Crippen LogP contribution in [0.25, 0.3) is 10.9 Å². The van der Waals surface area contributed by atoms with Crippen LogP contribution in [0.1, 0.15) is 6.92 Å². The summed E-state index contributed by atoms with van der Waals surface area (Å²) < 4.78 is 1.66. The van der Waals surface area contributed by atoms with Crippen molar-refractivity contribution in [1.82, 2.24) is 14.9 Å². The first-order valence-electron chi connectivity index (χ1n) is 6.61. The number of nitrogens with zero attached hydrogens (tertiary/aromatic N) is 3. The van der Waals surface area contributed by atoms with Gasteiger partial charge in [0.1, 0.15) is 0 Å². The Labute approximate surface area is 111 Å². The molecule has 19 heavy (non-hydrogen) atoms. The first-order chi connectivity index (χ1) is 9.18. The summed E-state index contributed by atoms with van der Waals surface area (Å²) in [5.74, 6) is 0.762. The van der Waals surface area contributed by atoms with Gasteiger partial charge in [0.25, 0.3) is 5.56 Å². The van der Waals surface area contributed by atoms with Gasteiger partial charge in [-0.25, -0.2) is 4.98 Å². The van der Waals surface area contributed by atoms with Gasteiger partial charge in [0.05, 0.1) is 10.9 Å². The van der Waals surface area contributed by atoms with Crippen molar-refractivity contribution in [3.8, 4) is 0 Å². The van der Waals surface area contributed by atoms with Crippen LogP contribution in [-0.2, 0) is 7.05 Å². The zero-order chi connectivity index (χ0) is 13.4. The summed E-state index contributed by atoms with van der Waals surface area (Å²) in [4.78, 5) is 19.2. The second-order valence-corrected chi connectivity index (χ2v) is 5.04. The number of hydrogen-bond acceptors (Lipinski definition) is 4. The molecule has 1 aromatic heterocycles. The summed E-state index contributed by atoms with van der Waals surface area (Å²) >= 11 is 0. The monoisotopic (exact) mass is 258 g/mol. The number of piperazine rings is 1. The third-order valence-electron chi connectivity index (χ3n) is 3.72. The number of para-hydroxylation sites is 1. The highest BCUT2D eigenvalue weighted by Gasteiger charge is 2.22. The Morgan fingerprint density at radius 3 is 2.95 bits per heavy atom. The molecule has 5 nitrogen and oxygen atoms in total. The van der Waals surface area contributed by atoms with Crippen molar-refractivity contribution in [3.63, 3.8) is 0 Å². The molecule has 1 atom stereocenters. The van der Waals surface area contributed by atoms with Gasteiger partial charge in [0.15, 0.2) is 0 Å². The molecule has 1 N–H and O–H groups in total.